The molecule has 0 saturated heterocycles. The summed E-state index contributed by atoms with van der Waals surface area (Å²) in [5.41, 5.74) is 3.45. The van der Waals surface area contributed by atoms with Gasteiger partial charge in [-0.25, -0.2) is 0 Å². The Bertz CT molecular complexity index is 701. The first-order chi connectivity index (χ1) is 8.74. The van der Waals surface area contributed by atoms with Gasteiger partial charge >= 0.3 is 0 Å². The minimum absolute atomic E-state index is 0.764. The van der Waals surface area contributed by atoms with Crippen molar-refractivity contribution < 1.29 is 0 Å². The molecule has 18 heavy (non-hydrogen) atoms. The summed E-state index contributed by atoms with van der Waals surface area (Å²) >= 11 is 6.05. The SMILES string of the molecule is Cc1cccnc1Cn1ccc2ccc(Cl)cc21. The zero-order valence-corrected chi connectivity index (χ0v) is 10.9. The molecule has 0 fully saturated rings. The van der Waals surface area contributed by atoms with Crippen LogP contribution in [0.1, 0.15) is 11.3 Å². The third-order valence-corrected chi connectivity index (χ3v) is 3.41. The van der Waals surface area contributed by atoms with Gasteiger partial charge in [-0.15, -0.1) is 0 Å². The average Bonchev–Trinajstić information content (AvgIpc) is 2.75. The van der Waals surface area contributed by atoms with Crippen LogP contribution in [0.3, 0.4) is 0 Å². The molecule has 0 aliphatic carbocycles. The molecule has 0 saturated carbocycles. The first-order valence-corrected chi connectivity index (χ1v) is 6.27. The second-order valence-corrected chi connectivity index (χ2v) is 4.85. The number of hydrogen-bond acceptors (Lipinski definition) is 1. The van der Waals surface area contributed by atoms with Crippen molar-refractivity contribution in [3.8, 4) is 0 Å². The van der Waals surface area contributed by atoms with Crippen molar-refractivity contribution in [3.05, 3.63) is 65.1 Å². The summed E-state index contributed by atoms with van der Waals surface area (Å²) in [6, 6.07) is 12.1. The van der Waals surface area contributed by atoms with E-state index in [0.717, 1.165) is 22.8 Å². The summed E-state index contributed by atoms with van der Waals surface area (Å²) in [4.78, 5) is 4.43. The van der Waals surface area contributed by atoms with Gasteiger partial charge < -0.3 is 4.57 Å². The van der Waals surface area contributed by atoms with Crippen molar-refractivity contribution in [3.63, 3.8) is 0 Å². The van der Waals surface area contributed by atoms with E-state index in [1.54, 1.807) is 0 Å². The Labute approximate surface area is 111 Å². The number of benzene rings is 1. The number of aryl methyl sites for hydroxylation is 1. The highest BCUT2D eigenvalue weighted by molar-refractivity contribution is 6.31. The van der Waals surface area contributed by atoms with Gasteiger partial charge in [0.1, 0.15) is 0 Å². The monoisotopic (exact) mass is 256 g/mol. The van der Waals surface area contributed by atoms with E-state index in [1.807, 2.05) is 30.5 Å². The first-order valence-electron chi connectivity index (χ1n) is 5.89. The van der Waals surface area contributed by atoms with Gasteiger partial charge in [-0.1, -0.05) is 23.7 Å². The van der Waals surface area contributed by atoms with E-state index in [4.69, 9.17) is 11.6 Å². The molecule has 2 aromatic heterocycles. The van der Waals surface area contributed by atoms with Crippen LogP contribution in [-0.2, 0) is 6.54 Å². The Morgan fingerprint density at radius 2 is 2.11 bits per heavy atom. The van der Waals surface area contributed by atoms with Crippen LogP contribution < -0.4 is 0 Å². The zero-order valence-electron chi connectivity index (χ0n) is 10.1. The molecule has 3 heteroatoms. The lowest BCUT2D eigenvalue weighted by atomic mass is 10.2. The lowest BCUT2D eigenvalue weighted by Gasteiger charge is -2.07. The summed E-state index contributed by atoms with van der Waals surface area (Å²) < 4.78 is 2.18. The Kier molecular flexibility index (Phi) is 2.80. The Balaban J connectivity index is 2.05. The predicted octanol–water partition coefficient (Wildman–Crippen LogP) is 4.05. The van der Waals surface area contributed by atoms with E-state index >= 15 is 0 Å². The van der Waals surface area contributed by atoms with Gasteiger partial charge in [0.05, 0.1) is 12.2 Å². The topological polar surface area (TPSA) is 17.8 Å². The third-order valence-electron chi connectivity index (χ3n) is 3.17. The minimum atomic E-state index is 0.764. The summed E-state index contributed by atoms with van der Waals surface area (Å²) in [5, 5.41) is 1.97. The van der Waals surface area contributed by atoms with Gasteiger partial charge in [0, 0.05) is 22.9 Å². The largest absolute Gasteiger partial charge is 0.341 e. The fraction of sp³-hybridized carbons (Fsp3) is 0.133. The smallest absolute Gasteiger partial charge is 0.0651 e. The minimum Gasteiger partial charge on any atom is -0.341 e. The van der Waals surface area contributed by atoms with E-state index < -0.39 is 0 Å². The zero-order chi connectivity index (χ0) is 12.5. The summed E-state index contributed by atoms with van der Waals surface area (Å²) in [6.07, 6.45) is 3.91. The lowest BCUT2D eigenvalue weighted by Crippen LogP contribution is -2.02. The molecular weight excluding hydrogens is 244 g/mol. The van der Waals surface area contributed by atoms with Crippen LogP contribution in [0.2, 0.25) is 5.02 Å². The summed E-state index contributed by atoms with van der Waals surface area (Å²) in [7, 11) is 0. The Morgan fingerprint density at radius 1 is 1.22 bits per heavy atom. The quantitative estimate of drug-likeness (QED) is 0.676. The molecule has 90 valence electrons. The van der Waals surface area contributed by atoms with Crippen molar-refractivity contribution in [2.75, 3.05) is 0 Å². The molecule has 3 rings (SSSR count). The van der Waals surface area contributed by atoms with Gasteiger partial charge in [0.2, 0.25) is 0 Å². The molecule has 0 bridgehead atoms. The fourth-order valence-corrected chi connectivity index (χ4v) is 2.31. The average molecular weight is 257 g/mol. The standard InChI is InChI=1S/C15H13ClN2/c1-11-3-2-7-17-14(11)10-18-8-6-12-4-5-13(16)9-15(12)18/h2-9H,10H2,1H3. The summed E-state index contributed by atoms with van der Waals surface area (Å²) in [5.74, 6) is 0. The number of nitrogens with zero attached hydrogens (tertiary/aromatic N) is 2. The van der Waals surface area contributed by atoms with Crippen molar-refractivity contribution in [2.24, 2.45) is 0 Å². The van der Waals surface area contributed by atoms with Crippen LogP contribution >= 0.6 is 11.6 Å². The number of aromatic nitrogens is 2. The van der Waals surface area contributed by atoms with Gasteiger partial charge in [-0.05, 0) is 42.1 Å². The van der Waals surface area contributed by atoms with E-state index in [2.05, 4.69) is 34.8 Å². The van der Waals surface area contributed by atoms with Crippen molar-refractivity contribution in [1.29, 1.82) is 0 Å². The highest BCUT2D eigenvalue weighted by Crippen LogP contribution is 2.21. The van der Waals surface area contributed by atoms with Crippen molar-refractivity contribution in [2.45, 2.75) is 13.5 Å². The first kappa shape index (κ1) is 11.3. The van der Waals surface area contributed by atoms with E-state index in [9.17, 15) is 0 Å². The van der Waals surface area contributed by atoms with E-state index in [1.165, 1.54) is 10.9 Å². The Hall–Kier alpha value is -1.80. The molecule has 0 unspecified atom stereocenters. The van der Waals surface area contributed by atoms with Gasteiger partial charge in [-0.2, -0.15) is 0 Å². The molecule has 0 N–H and O–H groups in total. The van der Waals surface area contributed by atoms with Crippen LogP contribution in [-0.4, -0.2) is 9.55 Å². The van der Waals surface area contributed by atoms with Crippen LogP contribution in [0.4, 0.5) is 0 Å². The molecule has 0 aliphatic heterocycles. The molecule has 0 atom stereocenters. The second kappa shape index (κ2) is 4.46. The molecule has 0 spiro atoms. The molecule has 0 amide bonds. The van der Waals surface area contributed by atoms with Crippen LogP contribution in [0.25, 0.3) is 10.9 Å². The van der Waals surface area contributed by atoms with Crippen molar-refractivity contribution in [1.82, 2.24) is 9.55 Å². The number of halogens is 1. The van der Waals surface area contributed by atoms with Gasteiger partial charge in [0.25, 0.3) is 0 Å². The maximum absolute atomic E-state index is 6.05. The molecule has 0 aliphatic rings. The Morgan fingerprint density at radius 3 is 2.94 bits per heavy atom. The molecule has 2 nitrogen and oxygen atoms in total. The number of pyridine rings is 1. The maximum atomic E-state index is 6.05. The summed E-state index contributed by atoms with van der Waals surface area (Å²) in [6.45, 7) is 2.86. The van der Waals surface area contributed by atoms with E-state index in [0.29, 0.717) is 0 Å². The van der Waals surface area contributed by atoms with Gasteiger partial charge in [0.15, 0.2) is 0 Å². The molecule has 0 radical (unpaired) electrons. The number of rotatable bonds is 2. The van der Waals surface area contributed by atoms with Crippen LogP contribution in [0.15, 0.2) is 48.8 Å². The molecular formula is C15H13ClN2. The normalized spacial score (nSPS) is 11.0. The fourth-order valence-electron chi connectivity index (χ4n) is 2.14. The number of fused-ring (bicyclic) bond motifs is 1. The molecule has 2 heterocycles. The van der Waals surface area contributed by atoms with E-state index in [-0.39, 0.29) is 0 Å². The molecule has 1 aromatic carbocycles. The lowest BCUT2D eigenvalue weighted by molar-refractivity contribution is 0.799. The predicted molar refractivity (Wildman–Crippen MR) is 75.0 cm³/mol. The highest BCUT2D eigenvalue weighted by Gasteiger charge is 2.04. The second-order valence-electron chi connectivity index (χ2n) is 4.41. The molecule has 3 aromatic rings. The third kappa shape index (κ3) is 2.00. The highest BCUT2D eigenvalue weighted by atomic mass is 35.5. The van der Waals surface area contributed by atoms with Crippen LogP contribution in [0.5, 0.6) is 0 Å². The van der Waals surface area contributed by atoms with Crippen molar-refractivity contribution >= 4 is 22.5 Å². The number of hydrogen-bond donors (Lipinski definition) is 0. The van der Waals surface area contributed by atoms with Gasteiger partial charge in [-0.3, -0.25) is 4.98 Å². The van der Waals surface area contributed by atoms with Crippen LogP contribution in [0, 0.1) is 6.92 Å². The maximum Gasteiger partial charge on any atom is 0.0651 e.